The molecular weight excluding hydrogens is 500 g/mol. The van der Waals surface area contributed by atoms with Crippen LogP contribution in [0.5, 0.6) is 0 Å². The van der Waals surface area contributed by atoms with Crippen molar-refractivity contribution in [2.45, 2.75) is 25.9 Å². The van der Waals surface area contributed by atoms with Crippen LogP contribution < -0.4 is 16.4 Å². The second-order valence-corrected chi connectivity index (χ2v) is 7.97. The van der Waals surface area contributed by atoms with E-state index in [-0.39, 0.29) is 49.6 Å². The molecule has 0 spiro atoms. The summed E-state index contributed by atoms with van der Waals surface area (Å²) in [5.41, 5.74) is 9.45. The molecule has 2 atom stereocenters. The molecule has 1 aromatic heterocycles. The Morgan fingerprint density at radius 3 is 2.45 bits per heavy atom. The third-order valence-corrected chi connectivity index (χ3v) is 5.52. The molecule has 4 N–H and O–H groups in total. The summed E-state index contributed by atoms with van der Waals surface area (Å²) < 4.78 is 0. The first-order valence-corrected chi connectivity index (χ1v) is 9.98. The van der Waals surface area contributed by atoms with Crippen molar-refractivity contribution in [3.8, 4) is 0 Å². The molecule has 1 saturated heterocycles. The predicted molar refractivity (Wildman–Crippen MR) is 142 cm³/mol. The summed E-state index contributed by atoms with van der Waals surface area (Å²) in [6.07, 6.45) is 0.964. The van der Waals surface area contributed by atoms with Crippen LogP contribution in [0.25, 0.3) is 0 Å². The Kier molecular flexibility index (Phi) is 17.0. The highest BCUT2D eigenvalue weighted by Gasteiger charge is 2.30. The van der Waals surface area contributed by atoms with Gasteiger partial charge in [0.2, 0.25) is 0 Å². The highest BCUT2D eigenvalue weighted by Crippen LogP contribution is 2.20. The Morgan fingerprint density at radius 1 is 1.13 bits per heavy atom. The van der Waals surface area contributed by atoms with Gasteiger partial charge in [0.15, 0.2) is 0 Å². The van der Waals surface area contributed by atoms with E-state index < -0.39 is 0 Å². The Hall–Kier alpha value is -0.500. The van der Waals surface area contributed by atoms with Gasteiger partial charge in [-0.2, -0.15) is 0 Å². The number of nitrogen functional groups attached to an aromatic ring is 1. The van der Waals surface area contributed by atoms with Gasteiger partial charge in [-0.3, -0.25) is 0 Å². The van der Waals surface area contributed by atoms with E-state index in [1.165, 1.54) is 11.1 Å². The minimum absolute atomic E-state index is 0. The Morgan fingerprint density at radius 2 is 1.81 bits per heavy atom. The van der Waals surface area contributed by atoms with Gasteiger partial charge >= 0.3 is 0 Å². The maximum Gasteiger partial charge on any atom is 0.123 e. The van der Waals surface area contributed by atoms with Crippen molar-refractivity contribution >= 4 is 67.0 Å². The molecule has 1 aliphatic heterocycles. The lowest BCUT2D eigenvalue weighted by atomic mass is 9.96. The molecule has 1 aliphatic rings. The van der Waals surface area contributed by atoms with Gasteiger partial charge in [0.1, 0.15) is 5.82 Å². The van der Waals surface area contributed by atoms with Crippen LogP contribution in [0.1, 0.15) is 16.8 Å². The summed E-state index contributed by atoms with van der Waals surface area (Å²) in [7, 11) is 2.21. The molecule has 178 valence electrons. The second kappa shape index (κ2) is 16.2. The molecule has 1 aromatic carbocycles. The number of rotatable bonds is 8. The lowest BCUT2D eigenvalue weighted by Gasteiger charge is -2.29. The number of hydrogen-bond acceptors (Lipinski definition) is 5. The van der Waals surface area contributed by atoms with E-state index in [4.69, 9.17) is 17.3 Å². The van der Waals surface area contributed by atoms with Gasteiger partial charge in [-0.1, -0.05) is 23.7 Å². The molecule has 0 amide bonds. The number of nitrogens with zero attached hydrogens (tertiary/aromatic N) is 2. The maximum absolute atomic E-state index is 5.93. The average molecular weight is 534 g/mol. The number of benzene rings is 1. The minimum atomic E-state index is 0. The Labute approximate surface area is 215 Å². The van der Waals surface area contributed by atoms with E-state index in [9.17, 15) is 0 Å². The van der Waals surface area contributed by atoms with E-state index in [1.54, 1.807) is 0 Å². The predicted octanol–water partition coefficient (Wildman–Crippen LogP) is 4.16. The highest BCUT2D eigenvalue weighted by atomic mass is 35.5. The molecule has 0 saturated carbocycles. The summed E-state index contributed by atoms with van der Waals surface area (Å²) >= 11 is 5.93. The van der Waals surface area contributed by atoms with Crippen LogP contribution in [0.15, 0.2) is 36.4 Å². The van der Waals surface area contributed by atoms with Crippen LogP contribution in [-0.4, -0.2) is 49.2 Å². The molecule has 1 fully saturated rings. The summed E-state index contributed by atoms with van der Waals surface area (Å²) in [4.78, 5) is 6.97. The molecule has 0 bridgehead atoms. The quantitative estimate of drug-likeness (QED) is 0.445. The van der Waals surface area contributed by atoms with Crippen molar-refractivity contribution in [1.29, 1.82) is 0 Å². The summed E-state index contributed by atoms with van der Waals surface area (Å²) in [6.45, 7) is 6.97. The number of hydrogen-bond donors (Lipinski definition) is 3. The Balaban J connectivity index is 0. The van der Waals surface area contributed by atoms with E-state index in [0.29, 0.717) is 17.8 Å². The van der Waals surface area contributed by atoms with E-state index >= 15 is 0 Å². The molecule has 0 radical (unpaired) electrons. The molecule has 5 nitrogen and oxygen atoms in total. The maximum atomic E-state index is 5.93. The zero-order valence-corrected chi connectivity index (χ0v) is 21.9. The van der Waals surface area contributed by atoms with E-state index in [1.807, 2.05) is 18.2 Å². The number of anilines is 1. The minimum Gasteiger partial charge on any atom is -0.384 e. The molecule has 3 rings (SSSR count). The summed E-state index contributed by atoms with van der Waals surface area (Å²) in [5, 5.41) is 7.84. The SMILES string of the molecule is Cc1cc(N)nc(C[C@H]2CNC[C@@H]2N(C)CCNCc2ccc(Cl)cc2)c1.Cl.Cl.Cl.Cl. The molecule has 10 heteroatoms. The fourth-order valence-corrected chi connectivity index (χ4v) is 3.97. The molecule has 0 aliphatic carbocycles. The lowest BCUT2D eigenvalue weighted by molar-refractivity contribution is 0.210. The third-order valence-electron chi connectivity index (χ3n) is 5.27. The first-order valence-electron chi connectivity index (χ1n) is 9.60. The molecule has 2 heterocycles. The number of aryl methyl sites for hydroxylation is 1. The molecule has 2 aromatic rings. The van der Waals surface area contributed by atoms with Crippen LogP contribution in [0.4, 0.5) is 5.82 Å². The van der Waals surface area contributed by atoms with Gasteiger partial charge in [-0.25, -0.2) is 4.98 Å². The van der Waals surface area contributed by atoms with Crippen molar-refractivity contribution in [2.75, 3.05) is 39.0 Å². The number of halogens is 5. The number of nitrogens with two attached hydrogens (primary N) is 1. The van der Waals surface area contributed by atoms with Crippen molar-refractivity contribution in [2.24, 2.45) is 5.92 Å². The first kappa shape index (κ1) is 32.7. The number of likely N-dealkylation sites (N-methyl/N-ethyl adjacent to an activating group) is 1. The number of nitrogens with one attached hydrogen (secondary N) is 2. The van der Waals surface area contributed by atoms with Crippen LogP contribution in [0.2, 0.25) is 5.02 Å². The second-order valence-electron chi connectivity index (χ2n) is 7.53. The van der Waals surface area contributed by atoms with Gasteiger partial charge in [-0.15, -0.1) is 49.6 Å². The van der Waals surface area contributed by atoms with Gasteiger partial charge in [0, 0.05) is 42.9 Å². The van der Waals surface area contributed by atoms with E-state index in [2.05, 4.69) is 52.7 Å². The normalized spacial score (nSPS) is 17.2. The van der Waals surface area contributed by atoms with Gasteiger partial charge < -0.3 is 21.3 Å². The van der Waals surface area contributed by atoms with Crippen molar-refractivity contribution in [3.05, 3.63) is 58.2 Å². The summed E-state index contributed by atoms with van der Waals surface area (Å²) in [6, 6.07) is 12.6. The molecule has 0 unspecified atom stereocenters. The van der Waals surface area contributed by atoms with Crippen LogP contribution in [0, 0.1) is 12.8 Å². The van der Waals surface area contributed by atoms with E-state index in [0.717, 1.165) is 49.9 Å². The average Bonchev–Trinajstić information content (AvgIpc) is 3.07. The number of pyridine rings is 1. The standard InChI is InChI=1S/C21H30ClN5.4ClH/c1-15-9-19(26-21(23)10-15)11-17-13-25-14-20(17)27(2)8-7-24-12-16-3-5-18(22)6-4-16;;;;/h3-6,9-10,17,20,24-25H,7-8,11-14H2,1-2H3,(H2,23,26);4*1H/t17-,20-;;;;/m0..../s1. The fraction of sp³-hybridized carbons (Fsp3) is 0.476. The first-order chi connectivity index (χ1) is 13.0. The fourth-order valence-electron chi connectivity index (χ4n) is 3.84. The van der Waals surface area contributed by atoms with Gasteiger partial charge in [0.25, 0.3) is 0 Å². The number of aromatic nitrogens is 1. The summed E-state index contributed by atoms with van der Waals surface area (Å²) in [5.74, 6) is 1.17. The van der Waals surface area contributed by atoms with Crippen LogP contribution in [-0.2, 0) is 13.0 Å². The monoisotopic (exact) mass is 531 g/mol. The van der Waals surface area contributed by atoms with Crippen molar-refractivity contribution < 1.29 is 0 Å². The largest absolute Gasteiger partial charge is 0.384 e. The molecular formula is C21H34Cl5N5. The highest BCUT2D eigenvalue weighted by molar-refractivity contribution is 6.30. The zero-order chi connectivity index (χ0) is 19.2. The topological polar surface area (TPSA) is 66.2 Å². The van der Waals surface area contributed by atoms with Crippen molar-refractivity contribution in [3.63, 3.8) is 0 Å². The smallest absolute Gasteiger partial charge is 0.123 e. The third kappa shape index (κ3) is 10.3. The lowest BCUT2D eigenvalue weighted by Crippen LogP contribution is -2.42. The van der Waals surface area contributed by atoms with Crippen LogP contribution in [0.3, 0.4) is 0 Å². The van der Waals surface area contributed by atoms with Gasteiger partial charge in [0.05, 0.1) is 0 Å². The molecule has 31 heavy (non-hydrogen) atoms. The van der Waals surface area contributed by atoms with Crippen LogP contribution >= 0.6 is 61.2 Å². The zero-order valence-electron chi connectivity index (χ0n) is 17.8. The van der Waals surface area contributed by atoms with Crippen molar-refractivity contribution in [1.82, 2.24) is 20.5 Å². The Bertz CT molecular complexity index is 727. The van der Waals surface area contributed by atoms with Gasteiger partial charge in [-0.05, 0) is 68.2 Å².